The Kier molecular flexibility index (Phi) is 5.98. The maximum atomic E-state index is 13.4. The molecule has 7 unspecified atom stereocenters. The van der Waals surface area contributed by atoms with Gasteiger partial charge in [0.1, 0.15) is 18.8 Å². The number of fused-ring (bicyclic) bond motifs is 1. The number of aliphatic hydroxyl groups is 1. The number of alkyl halides is 3. The maximum absolute atomic E-state index is 13.4. The number of halogens is 3. The number of esters is 2. The summed E-state index contributed by atoms with van der Waals surface area (Å²) in [5.74, 6) is -2.69. The van der Waals surface area contributed by atoms with E-state index in [9.17, 15) is 36.3 Å². The van der Waals surface area contributed by atoms with Crippen LogP contribution in [-0.2, 0) is 38.7 Å². The van der Waals surface area contributed by atoms with Gasteiger partial charge >= 0.3 is 27.3 Å². The van der Waals surface area contributed by atoms with E-state index in [1.807, 2.05) is 0 Å². The van der Waals surface area contributed by atoms with Crippen LogP contribution in [0.1, 0.15) is 32.1 Å². The highest BCUT2D eigenvalue weighted by molar-refractivity contribution is 7.86. The topological polar surface area (TPSA) is 146 Å². The van der Waals surface area contributed by atoms with Crippen LogP contribution in [0, 0.1) is 11.8 Å². The van der Waals surface area contributed by atoms with E-state index < -0.39 is 95.0 Å². The van der Waals surface area contributed by atoms with Crippen LogP contribution >= 0.6 is 0 Å². The third-order valence-electron chi connectivity index (χ3n) is 6.73. The van der Waals surface area contributed by atoms with Crippen LogP contribution in [0.5, 0.6) is 0 Å². The Bertz CT molecular complexity index is 874. The SMILES string of the molecule is O=C(COC1C2OC(=O)C3C2OC1C3C1(O)CCCC1)OCCC(F)C(F)(F)S(=O)(=O)O. The van der Waals surface area contributed by atoms with E-state index >= 15 is 0 Å². The molecule has 4 fully saturated rings. The van der Waals surface area contributed by atoms with E-state index in [1.54, 1.807) is 0 Å². The van der Waals surface area contributed by atoms with Crippen molar-refractivity contribution >= 4 is 22.1 Å². The first-order valence-electron chi connectivity index (χ1n) is 10.2. The molecule has 7 atom stereocenters. The molecule has 32 heavy (non-hydrogen) atoms. The van der Waals surface area contributed by atoms with E-state index in [0.29, 0.717) is 12.8 Å². The summed E-state index contributed by atoms with van der Waals surface area (Å²) in [4.78, 5) is 24.2. The van der Waals surface area contributed by atoms with Crippen LogP contribution in [0.3, 0.4) is 0 Å². The minimum Gasteiger partial charge on any atom is -0.464 e. The van der Waals surface area contributed by atoms with Crippen molar-refractivity contribution in [3.63, 3.8) is 0 Å². The van der Waals surface area contributed by atoms with Gasteiger partial charge in [0, 0.05) is 12.3 Å². The number of hydrogen-bond donors (Lipinski definition) is 2. The van der Waals surface area contributed by atoms with Crippen molar-refractivity contribution in [2.75, 3.05) is 13.2 Å². The molecule has 4 rings (SSSR count). The fourth-order valence-corrected chi connectivity index (χ4v) is 5.73. The Morgan fingerprint density at radius 2 is 1.91 bits per heavy atom. The van der Waals surface area contributed by atoms with Crippen molar-refractivity contribution < 1.29 is 59.8 Å². The number of hydrogen-bond acceptors (Lipinski definition) is 9. The maximum Gasteiger partial charge on any atom is 0.400 e. The molecule has 14 heteroatoms. The van der Waals surface area contributed by atoms with Crippen LogP contribution < -0.4 is 0 Å². The second kappa shape index (κ2) is 8.08. The summed E-state index contributed by atoms with van der Waals surface area (Å²) in [5.41, 5.74) is -1.10. The molecule has 0 aromatic heterocycles. The molecule has 182 valence electrons. The molecule has 1 saturated carbocycles. The monoisotopic (exact) mass is 488 g/mol. The van der Waals surface area contributed by atoms with Gasteiger partial charge in [-0.3, -0.25) is 9.35 Å². The second-order valence-electron chi connectivity index (χ2n) is 8.62. The summed E-state index contributed by atoms with van der Waals surface area (Å²) in [6.07, 6.45) is -4.71. The first kappa shape index (κ1) is 23.7. The largest absolute Gasteiger partial charge is 0.464 e. The normalized spacial score (nSPS) is 36.3. The summed E-state index contributed by atoms with van der Waals surface area (Å²) in [6.45, 7) is -1.57. The zero-order valence-corrected chi connectivity index (χ0v) is 17.5. The smallest absolute Gasteiger partial charge is 0.400 e. The highest BCUT2D eigenvalue weighted by atomic mass is 32.2. The van der Waals surface area contributed by atoms with Crippen molar-refractivity contribution in [1.82, 2.24) is 0 Å². The molecule has 2 N–H and O–H groups in total. The highest BCUT2D eigenvalue weighted by Gasteiger charge is 2.72. The van der Waals surface area contributed by atoms with Crippen LogP contribution in [0.2, 0.25) is 0 Å². The predicted octanol–water partition coefficient (Wildman–Crippen LogP) is 0.368. The predicted molar refractivity (Wildman–Crippen MR) is 95.6 cm³/mol. The Labute approximate surface area is 181 Å². The Morgan fingerprint density at radius 1 is 1.25 bits per heavy atom. The fraction of sp³-hybridized carbons (Fsp3) is 0.889. The molecule has 3 heterocycles. The van der Waals surface area contributed by atoms with Crippen LogP contribution in [0.25, 0.3) is 0 Å². The average Bonchev–Trinajstić information content (AvgIpc) is 3.42. The summed E-state index contributed by atoms with van der Waals surface area (Å²) in [7, 11) is -5.95. The number of ether oxygens (including phenoxy) is 4. The zero-order chi connectivity index (χ0) is 23.5. The van der Waals surface area contributed by atoms with E-state index in [1.165, 1.54) is 0 Å². The fourth-order valence-electron chi connectivity index (χ4n) is 5.29. The summed E-state index contributed by atoms with van der Waals surface area (Å²) >= 11 is 0. The molecular formula is C18H23F3O10S. The molecule has 2 bridgehead atoms. The lowest BCUT2D eigenvalue weighted by atomic mass is 9.69. The molecule has 0 spiro atoms. The quantitative estimate of drug-likeness (QED) is 0.345. The molecular weight excluding hydrogens is 465 g/mol. The number of carbonyl (C=O) groups excluding carboxylic acids is 2. The zero-order valence-electron chi connectivity index (χ0n) is 16.7. The third-order valence-corrected chi connectivity index (χ3v) is 7.67. The molecule has 0 amide bonds. The van der Waals surface area contributed by atoms with Gasteiger partial charge in [-0.2, -0.15) is 17.2 Å². The second-order valence-corrected chi connectivity index (χ2v) is 10.1. The Morgan fingerprint density at radius 3 is 2.53 bits per heavy atom. The minimum atomic E-state index is -5.95. The van der Waals surface area contributed by atoms with Gasteiger partial charge in [0.05, 0.1) is 24.2 Å². The Hall–Kier alpha value is -1.48. The van der Waals surface area contributed by atoms with Crippen LogP contribution in [0.4, 0.5) is 13.2 Å². The Balaban J connectivity index is 1.31. The third kappa shape index (κ3) is 3.79. The molecule has 1 aliphatic carbocycles. The van der Waals surface area contributed by atoms with Gasteiger partial charge in [-0.25, -0.2) is 9.18 Å². The minimum absolute atomic E-state index is 0.491. The van der Waals surface area contributed by atoms with E-state index in [4.69, 9.17) is 18.8 Å². The first-order chi connectivity index (χ1) is 14.9. The van der Waals surface area contributed by atoms with E-state index in [2.05, 4.69) is 4.74 Å². The van der Waals surface area contributed by atoms with Gasteiger partial charge in [0.25, 0.3) is 0 Å². The molecule has 0 radical (unpaired) electrons. The molecule has 0 aromatic rings. The van der Waals surface area contributed by atoms with Gasteiger partial charge in [0.2, 0.25) is 0 Å². The van der Waals surface area contributed by atoms with Crippen LogP contribution in [0.15, 0.2) is 0 Å². The van der Waals surface area contributed by atoms with Crippen molar-refractivity contribution in [1.29, 1.82) is 0 Å². The molecule has 3 saturated heterocycles. The van der Waals surface area contributed by atoms with Crippen molar-refractivity contribution in [2.24, 2.45) is 11.8 Å². The van der Waals surface area contributed by atoms with Crippen LogP contribution in [-0.4, -0.2) is 84.7 Å². The van der Waals surface area contributed by atoms with Gasteiger partial charge in [-0.1, -0.05) is 12.8 Å². The van der Waals surface area contributed by atoms with Crippen molar-refractivity contribution in [2.45, 2.75) is 73.5 Å². The lowest BCUT2D eigenvalue weighted by Crippen LogP contribution is -2.53. The first-order valence-corrected chi connectivity index (χ1v) is 11.7. The number of rotatable bonds is 9. The molecule has 0 aromatic carbocycles. The molecule has 4 aliphatic rings. The average molecular weight is 488 g/mol. The lowest BCUT2D eigenvalue weighted by Gasteiger charge is -2.38. The lowest BCUT2D eigenvalue weighted by molar-refractivity contribution is -0.158. The van der Waals surface area contributed by atoms with Gasteiger partial charge in [0.15, 0.2) is 12.3 Å². The van der Waals surface area contributed by atoms with Crippen molar-refractivity contribution in [3.05, 3.63) is 0 Å². The standard InChI is InChI=1S/C18H23F3O10S/c19-8(18(20,21)32(25,26)27)3-6-28-9(22)7-29-14-13-11(17(24)4-1-2-5-17)10-12(30-13)15(14)31-16(10)23/h8,10-15,24H,1-7H2,(H,25,26,27). The summed E-state index contributed by atoms with van der Waals surface area (Å²) in [5, 5.41) is 6.01. The summed E-state index contributed by atoms with van der Waals surface area (Å²) in [6, 6.07) is 0. The molecule has 3 aliphatic heterocycles. The van der Waals surface area contributed by atoms with Crippen molar-refractivity contribution in [3.8, 4) is 0 Å². The number of carbonyl (C=O) groups is 2. The van der Waals surface area contributed by atoms with Gasteiger partial charge < -0.3 is 24.1 Å². The van der Waals surface area contributed by atoms with Gasteiger partial charge in [-0.05, 0) is 12.8 Å². The van der Waals surface area contributed by atoms with Gasteiger partial charge in [-0.15, -0.1) is 0 Å². The summed E-state index contributed by atoms with van der Waals surface area (Å²) < 4.78 is 90.4. The van der Waals surface area contributed by atoms with E-state index in [-0.39, 0.29) is 0 Å². The van der Waals surface area contributed by atoms with E-state index in [0.717, 1.165) is 12.8 Å². The molecule has 10 nitrogen and oxygen atoms in total. The highest BCUT2D eigenvalue weighted by Crippen LogP contribution is 2.57.